The average Bonchev–Trinajstić information content (AvgIpc) is 3.04. The van der Waals surface area contributed by atoms with E-state index >= 15 is 0 Å². The Morgan fingerprint density at radius 3 is 2.89 bits per heavy atom. The molecule has 0 bridgehead atoms. The van der Waals surface area contributed by atoms with E-state index in [0.717, 1.165) is 37.1 Å². The number of hydrogen-bond acceptors (Lipinski definition) is 3. The fourth-order valence-electron chi connectivity index (χ4n) is 1.94. The Bertz CT molecular complexity index is 367. The van der Waals surface area contributed by atoms with E-state index in [4.69, 9.17) is 9.15 Å². The molecule has 1 saturated carbocycles. The lowest BCUT2D eigenvalue weighted by molar-refractivity contribution is 0.0967. The molecule has 1 aliphatic carbocycles. The highest BCUT2D eigenvalue weighted by atomic mass is 16.5. The molecule has 2 rings (SSSR count). The molecule has 0 radical (unpaired) electrons. The first-order valence-electron chi connectivity index (χ1n) is 7.01. The van der Waals surface area contributed by atoms with Crippen LogP contribution < -0.4 is 5.32 Å². The van der Waals surface area contributed by atoms with Crippen LogP contribution in [0.5, 0.6) is 0 Å². The Morgan fingerprint density at radius 1 is 1.44 bits per heavy atom. The number of furan rings is 1. The number of ether oxygens (including phenoxy) is 1. The van der Waals surface area contributed by atoms with Crippen LogP contribution in [0.25, 0.3) is 0 Å². The van der Waals surface area contributed by atoms with E-state index in [1.807, 2.05) is 6.92 Å². The van der Waals surface area contributed by atoms with Gasteiger partial charge in [-0.1, -0.05) is 13.8 Å². The standard InChI is InChI=1S/C15H25NO2/c1-11(2)7-16-8-14-6-15(18-12(14)3)10-17-9-13-4-5-13/h6,11,13,16H,4-5,7-10H2,1-3H3. The quantitative estimate of drug-likeness (QED) is 0.770. The predicted molar refractivity (Wildman–Crippen MR) is 72.4 cm³/mol. The Hall–Kier alpha value is -0.800. The van der Waals surface area contributed by atoms with E-state index in [-0.39, 0.29) is 0 Å². The fourth-order valence-corrected chi connectivity index (χ4v) is 1.94. The van der Waals surface area contributed by atoms with Gasteiger partial charge in [0.15, 0.2) is 0 Å². The molecule has 0 aromatic carbocycles. The van der Waals surface area contributed by atoms with Crippen molar-refractivity contribution in [2.45, 2.75) is 46.8 Å². The molecule has 1 aliphatic rings. The van der Waals surface area contributed by atoms with Gasteiger partial charge in [0, 0.05) is 18.7 Å². The maximum absolute atomic E-state index is 5.71. The van der Waals surface area contributed by atoms with Crippen molar-refractivity contribution in [3.8, 4) is 0 Å². The SMILES string of the molecule is Cc1oc(COCC2CC2)cc1CNCC(C)C. The van der Waals surface area contributed by atoms with E-state index < -0.39 is 0 Å². The topological polar surface area (TPSA) is 34.4 Å². The van der Waals surface area contributed by atoms with Gasteiger partial charge in [0.25, 0.3) is 0 Å². The zero-order valence-corrected chi connectivity index (χ0v) is 11.8. The number of aryl methyl sites for hydroxylation is 1. The average molecular weight is 251 g/mol. The van der Waals surface area contributed by atoms with Crippen molar-refractivity contribution in [3.05, 3.63) is 23.2 Å². The molecule has 0 unspecified atom stereocenters. The third-order valence-corrected chi connectivity index (χ3v) is 3.23. The highest BCUT2D eigenvalue weighted by Gasteiger charge is 2.21. The molecular weight excluding hydrogens is 226 g/mol. The summed E-state index contributed by atoms with van der Waals surface area (Å²) in [5.41, 5.74) is 1.25. The minimum absolute atomic E-state index is 0.613. The van der Waals surface area contributed by atoms with Gasteiger partial charge in [0.2, 0.25) is 0 Å². The van der Waals surface area contributed by atoms with E-state index in [0.29, 0.717) is 12.5 Å². The molecule has 0 amide bonds. The number of hydrogen-bond donors (Lipinski definition) is 1. The van der Waals surface area contributed by atoms with Crippen molar-refractivity contribution < 1.29 is 9.15 Å². The van der Waals surface area contributed by atoms with Gasteiger partial charge < -0.3 is 14.5 Å². The molecule has 0 spiro atoms. The lowest BCUT2D eigenvalue weighted by Crippen LogP contribution is -2.18. The van der Waals surface area contributed by atoms with Gasteiger partial charge in [-0.05, 0) is 44.2 Å². The minimum Gasteiger partial charge on any atom is -0.464 e. The second-order valence-electron chi connectivity index (χ2n) is 5.78. The van der Waals surface area contributed by atoms with Crippen molar-refractivity contribution in [3.63, 3.8) is 0 Å². The first kappa shape index (κ1) is 13.6. The van der Waals surface area contributed by atoms with Crippen LogP contribution in [0.3, 0.4) is 0 Å². The second kappa shape index (κ2) is 6.39. The Labute approximate surface area is 110 Å². The van der Waals surface area contributed by atoms with E-state index in [1.165, 1.54) is 18.4 Å². The fraction of sp³-hybridized carbons (Fsp3) is 0.733. The molecule has 3 nitrogen and oxygen atoms in total. The molecule has 3 heteroatoms. The van der Waals surface area contributed by atoms with Gasteiger partial charge in [-0.2, -0.15) is 0 Å². The molecule has 1 aromatic heterocycles. The van der Waals surface area contributed by atoms with Gasteiger partial charge >= 0.3 is 0 Å². The number of nitrogens with one attached hydrogen (secondary N) is 1. The van der Waals surface area contributed by atoms with E-state index in [2.05, 4.69) is 25.2 Å². The first-order chi connectivity index (χ1) is 8.65. The van der Waals surface area contributed by atoms with Crippen molar-refractivity contribution in [2.24, 2.45) is 11.8 Å². The zero-order valence-electron chi connectivity index (χ0n) is 11.8. The van der Waals surface area contributed by atoms with Gasteiger partial charge in [-0.3, -0.25) is 0 Å². The highest BCUT2D eigenvalue weighted by molar-refractivity contribution is 5.20. The smallest absolute Gasteiger partial charge is 0.130 e. The summed E-state index contributed by atoms with van der Waals surface area (Å²) in [6.07, 6.45) is 2.67. The predicted octanol–water partition coefficient (Wildman–Crippen LogP) is 3.26. The summed E-state index contributed by atoms with van der Waals surface area (Å²) in [6, 6.07) is 2.12. The Morgan fingerprint density at radius 2 is 2.22 bits per heavy atom. The highest BCUT2D eigenvalue weighted by Crippen LogP contribution is 2.29. The van der Waals surface area contributed by atoms with Crippen LogP contribution in [0.4, 0.5) is 0 Å². The minimum atomic E-state index is 0.613. The maximum Gasteiger partial charge on any atom is 0.130 e. The molecule has 1 fully saturated rings. The van der Waals surface area contributed by atoms with Crippen LogP contribution in [-0.4, -0.2) is 13.2 Å². The molecule has 1 N–H and O–H groups in total. The van der Waals surface area contributed by atoms with Gasteiger partial charge in [0.1, 0.15) is 18.1 Å². The van der Waals surface area contributed by atoms with Crippen LogP contribution in [0.1, 0.15) is 43.8 Å². The lowest BCUT2D eigenvalue weighted by atomic mass is 10.2. The largest absolute Gasteiger partial charge is 0.464 e. The Balaban J connectivity index is 1.74. The summed E-state index contributed by atoms with van der Waals surface area (Å²) in [4.78, 5) is 0. The van der Waals surface area contributed by atoms with Crippen molar-refractivity contribution >= 4 is 0 Å². The molecule has 102 valence electrons. The van der Waals surface area contributed by atoms with E-state index in [1.54, 1.807) is 0 Å². The van der Waals surface area contributed by atoms with Gasteiger partial charge in [0.05, 0.1) is 0 Å². The summed E-state index contributed by atoms with van der Waals surface area (Å²) in [6.45, 7) is 9.88. The van der Waals surface area contributed by atoms with Crippen molar-refractivity contribution in [1.29, 1.82) is 0 Å². The summed E-state index contributed by atoms with van der Waals surface area (Å²) >= 11 is 0. The molecular formula is C15H25NO2. The van der Waals surface area contributed by atoms with Crippen LogP contribution in [0, 0.1) is 18.8 Å². The third-order valence-electron chi connectivity index (χ3n) is 3.23. The van der Waals surface area contributed by atoms with Crippen LogP contribution in [-0.2, 0) is 17.9 Å². The molecule has 0 saturated heterocycles. The lowest BCUT2D eigenvalue weighted by Gasteiger charge is -2.05. The van der Waals surface area contributed by atoms with Crippen LogP contribution in [0.2, 0.25) is 0 Å². The molecule has 0 atom stereocenters. The van der Waals surface area contributed by atoms with Crippen LogP contribution in [0.15, 0.2) is 10.5 Å². The molecule has 1 heterocycles. The van der Waals surface area contributed by atoms with Gasteiger partial charge in [-0.25, -0.2) is 0 Å². The van der Waals surface area contributed by atoms with Crippen molar-refractivity contribution in [2.75, 3.05) is 13.2 Å². The summed E-state index contributed by atoms with van der Waals surface area (Å²) in [7, 11) is 0. The maximum atomic E-state index is 5.71. The number of rotatable bonds is 8. The molecule has 1 aromatic rings. The third kappa shape index (κ3) is 4.46. The summed E-state index contributed by atoms with van der Waals surface area (Å²) in [5, 5.41) is 3.44. The summed E-state index contributed by atoms with van der Waals surface area (Å²) < 4.78 is 11.3. The van der Waals surface area contributed by atoms with Gasteiger partial charge in [-0.15, -0.1) is 0 Å². The first-order valence-corrected chi connectivity index (χ1v) is 7.01. The zero-order chi connectivity index (χ0) is 13.0. The van der Waals surface area contributed by atoms with E-state index in [9.17, 15) is 0 Å². The molecule has 18 heavy (non-hydrogen) atoms. The van der Waals surface area contributed by atoms with Crippen LogP contribution >= 0.6 is 0 Å². The molecule has 0 aliphatic heterocycles. The second-order valence-corrected chi connectivity index (χ2v) is 5.78. The summed E-state index contributed by atoms with van der Waals surface area (Å²) in [5.74, 6) is 3.46. The van der Waals surface area contributed by atoms with Crippen molar-refractivity contribution in [1.82, 2.24) is 5.32 Å². The monoisotopic (exact) mass is 251 g/mol. The Kier molecular flexibility index (Phi) is 4.84. The normalized spacial score (nSPS) is 15.6.